The molecule has 2 aromatic rings. The second-order valence-electron chi connectivity index (χ2n) is 8.15. The molecule has 0 amide bonds. The molecule has 1 heterocycles. The molecule has 1 aromatic heterocycles. The SMILES string of the molecule is Cc1c(C#N)c(NCCCO)nc(NCCCO)c1N=Nc1ccc(S(=O)(=O)CCOS(=O)(=O)O)cc1S(=O)(=O)O.[Na+]. The van der Waals surface area contributed by atoms with Gasteiger partial charge in [-0.15, -0.1) is 10.2 Å². The van der Waals surface area contributed by atoms with Gasteiger partial charge >= 0.3 is 40.0 Å². The molecule has 6 N–H and O–H groups in total. The Morgan fingerprint density at radius 1 is 0.976 bits per heavy atom. The van der Waals surface area contributed by atoms with Gasteiger partial charge in [0.2, 0.25) is 0 Å². The monoisotopic (exact) mass is 659 g/mol. The number of nitrogens with one attached hydrogen (secondary N) is 2. The zero-order valence-electron chi connectivity index (χ0n) is 22.5. The van der Waals surface area contributed by atoms with Crippen molar-refractivity contribution in [3.05, 3.63) is 29.3 Å². The first-order valence-electron chi connectivity index (χ1n) is 11.7. The van der Waals surface area contributed by atoms with E-state index in [1.54, 1.807) is 0 Å². The summed E-state index contributed by atoms with van der Waals surface area (Å²) in [6.45, 7) is 0.846. The van der Waals surface area contributed by atoms with Crippen LogP contribution in [0, 0.1) is 18.3 Å². The van der Waals surface area contributed by atoms with E-state index in [9.17, 15) is 35.1 Å². The van der Waals surface area contributed by atoms with Crippen LogP contribution in [0.2, 0.25) is 0 Å². The fourth-order valence-corrected chi connectivity index (χ4v) is 5.46. The number of azo groups is 1. The number of aliphatic hydroxyl groups is 2. The normalized spacial score (nSPS) is 12.1. The summed E-state index contributed by atoms with van der Waals surface area (Å²) in [6.07, 6.45) is 0.695. The number of pyridine rings is 1. The predicted molar refractivity (Wildman–Crippen MR) is 144 cm³/mol. The average molecular weight is 660 g/mol. The molecule has 17 nitrogen and oxygen atoms in total. The number of aliphatic hydroxyl groups excluding tert-OH is 2. The molecule has 2 rings (SSSR count). The molecule has 0 aliphatic carbocycles. The van der Waals surface area contributed by atoms with E-state index < -0.39 is 58.2 Å². The fraction of sp³-hybridized carbons (Fsp3) is 0.429. The summed E-state index contributed by atoms with van der Waals surface area (Å²) in [7, 11) is -14.3. The summed E-state index contributed by atoms with van der Waals surface area (Å²) >= 11 is 0. The van der Waals surface area contributed by atoms with Crippen molar-refractivity contribution >= 4 is 53.4 Å². The van der Waals surface area contributed by atoms with Crippen molar-refractivity contribution in [3.63, 3.8) is 0 Å². The maximum atomic E-state index is 12.5. The smallest absolute Gasteiger partial charge is 0.396 e. The Morgan fingerprint density at radius 3 is 2.10 bits per heavy atom. The number of hydrogen-bond donors (Lipinski definition) is 6. The van der Waals surface area contributed by atoms with Gasteiger partial charge in [0.1, 0.15) is 28.2 Å². The van der Waals surface area contributed by atoms with Crippen molar-refractivity contribution in [1.29, 1.82) is 5.26 Å². The van der Waals surface area contributed by atoms with E-state index in [2.05, 4.69) is 30.0 Å². The first-order chi connectivity index (χ1) is 19.1. The second kappa shape index (κ2) is 16.5. The van der Waals surface area contributed by atoms with Crippen LogP contribution in [-0.2, 0) is 34.5 Å². The maximum absolute atomic E-state index is 12.5. The molecule has 0 fully saturated rings. The minimum atomic E-state index is -5.06. The Bertz CT molecular complexity index is 1640. The number of benzene rings is 1. The minimum Gasteiger partial charge on any atom is -0.396 e. The van der Waals surface area contributed by atoms with Crippen molar-refractivity contribution in [2.45, 2.75) is 29.6 Å². The molecule has 226 valence electrons. The molecule has 0 aliphatic rings. The molecule has 1 aromatic carbocycles. The van der Waals surface area contributed by atoms with Gasteiger partial charge < -0.3 is 20.8 Å². The van der Waals surface area contributed by atoms with Crippen molar-refractivity contribution in [3.8, 4) is 6.07 Å². The van der Waals surface area contributed by atoms with Crippen LogP contribution in [0.1, 0.15) is 24.0 Å². The first kappa shape index (κ1) is 37.7. The molecule has 0 aliphatic heterocycles. The molecule has 0 atom stereocenters. The molecule has 0 unspecified atom stereocenters. The van der Waals surface area contributed by atoms with E-state index in [-0.39, 0.29) is 77.8 Å². The van der Waals surface area contributed by atoms with Crippen molar-refractivity contribution in [2.24, 2.45) is 10.2 Å². The summed E-state index contributed by atoms with van der Waals surface area (Å²) in [5.41, 5.74) is -0.124. The van der Waals surface area contributed by atoms with Crippen LogP contribution in [0.3, 0.4) is 0 Å². The van der Waals surface area contributed by atoms with E-state index in [0.717, 1.165) is 12.1 Å². The Kier molecular flexibility index (Phi) is 14.9. The zero-order valence-corrected chi connectivity index (χ0v) is 27.0. The van der Waals surface area contributed by atoms with Crippen LogP contribution in [0.15, 0.2) is 38.2 Å². The van der Waals surface area contributed by atoms with E-state index >= 15 is 0 Å². The van der Waals surface area contributed by atoms with Crippen LogP contribution < -0.4 is 40.2 Å². The average Bonchev–Trinajstić information content (AvgIpc) is 2.87. The Hall–Kier alpha value is -2.29. The topological polar surface area (TPSA) is 278 Å². The molecule has 0 bridgehead atoms. The number of hydrogen-bond acceptors (Lipinski definition) is 15. The summed E-state index contributed by atoms with van der Waals surface area (Å²) in [4.78, 5) is 2.77. The van der Waals surface area contributed by atoms with Crippen LogP contribution >= 0.6 is 0 Å². The quantitative estimate of drug-likeness (QED) is 0.0497. The van der Waals surface area contributed by atoms with E-state index in [0.29, 0.717) is 25.5 Å². The van der Waals surface area contributed by atoms with Gasteiger partial charge in [-0.2, -0.15) is 22.1 Å². The van der Waals surface area contributed by atoms with Gasteiger partial charge in [0.15, 0.2) is 15.7 Å². The third-order valence-electron chi connectivity index (χ3n) is 5.19. The Balaban J connectivity index is 0.00000882. The van der Waals surface area contributed by atoms with Gasteiger partial charge in [0.05, 0.1) is 22.8 Å². The van der Waals surface area contributed by atoms with Crippen LogP contribution in [-0.4, -0.2) is 88.2 Å². The zero-order chi connectivity index (χ0) is 30.8. The van der Waals surface area contributed by atoms with Crippen molar-refractivity contribution in [2.75, 3.05) is 49.3 Å². The van der Waals surface area contributed by atoms with Gasteiger partial charge in [-0.05, 0) is 38.0 Å². The molecule has 0 saturated carbocycles. The second-order valence-corrected chi connectivity index (χ2v) is 12.7. The summed E-state index contributed by atoms with van der Waals surface area (Å²) in [5.74, 6) is -0.672. The third kappa shape index (κ3) is 11.1. The Labute approximate surface area is 265 Å². The van der Waals surface area contributed by atoms with Gasteiger partial charge in [-0.3, -0.25) is 9.11 Å². The van der Waals surface area contributed by atoms with E-state index in [4.69, 9.17) is 14.8 Å². The largest absolute Gasteiger partial charge is 1.00 e. The Morgan fingerprint density at radius 2 is 1.57 bits per heavy atom. The summed E-state index contributed by atoms with van der Waals surface area (Å²) < 4.78 is 92.8. The van der Waals surface area contributed by atoms with E-state index in [1.807, 2.05) is 6.07 Å². The minimum absolute atomic E-state index is 0. The van der Waals surface area contributed by atoms with Crippen molar-refractivity contribution in [1.82, 2.24) is 4.98 Å². The van der Waals surface area contributed by atoms with E-state index in [1.165, 1.54) is 6.92 Å². The standard InChI is InChI=1S/C21H28N6O11S3.Na/c1-14-16(13-22)20(23-6-2-8-28)25-21(24-7-3-9-29)19(14)27-26-17-5-4-15(12-18(17)40(32,33)34)39(30,31)11-10-38-41(35,36)37;/h4-5,12,28-29H,2-3,6-11H2,1H3,(H2,23,24,25)(H,32,33,34)(H,35,36,37);/q;+1. The molecule has 0 spiro atoms. The maximum Gasteiger partial charge on any atom is 1.00 e. The number of anilines is 2. The fourth-order valence-electron chi connectivity index (χ4n) is 3.22. The molecule has 42 heavy (non-hydrogen) atoms. The number of rotatable bonds is 16. The van der Waals surface area contributed by atoms with Gasteiger partial charge in [0.25, 0.3) is 10.1 Å². The van der Waals surface area contributed by atoms with Gasteiger partial charge in [-0.25, -0.2) is 17.6 Å². The number of nitriles is 1. The first-order valence-corrected chi connectivity index (χ1v) is 16.1. The number of sulfone groups is 1. The summed E-state index contributed by atoms with van der Waals surface area (Å²) in [5, 5.41) is 41.6. The summed E-state index contributed by atoms with van der Waals surface area (Å²) in [6, 6.07) is 4.44. The van der Waals surface area contributed by atoms with Gasteiger partial charge in [0, 0.05) is 31.9 Å². The van der Waals surface area contributed by atoms with Crippen LogP contribution in [0.4, 0.5) is 23.0 Å². The molecular formula is C21H28N6NaO11S3+. The molecular weight excluding hydrogens is 631 g/mol. The van der Waals surface area contributed by atoms with Crippen molar-refractivity contribution < 1.29 is 78.3 Å². The molecule has 21 heteroatoms. The number of aromatic nitrogens is 1. The molecule has 0 saturated heterocycles. The number of nitrogens with zero attached hydrogens (tertiary/aromatic N) is 4. The molecule has 0 radical (unpaired) electrons. The van der Waals surface area contributed by atoms with Crippen LogP contribution in [0.5, 0.6) is 0 Å². The predicted octanol–water partition coefficient (Wildman–Crippen LogP) is -1.89. The van der Waals surface area contributed by atoms with Crippen LogP contribution in [0.25, 0.3) is 0 Å². The van der Waals surface area contributed by atoms with Gasteiger partial charge in [-0.1, -0.05) is 0 Å². The third-order valence-corrected chi connectivity index (χ3v) is 8.22.